The number of nitrogens with one attached hydrogen (secondary N) is 1. The summed E-state index contributed by atoms with van der Waals surface area (Å²) in [6.45, 7) is 2.07. The number of nitrogens with two attached hydrogens (primary N) is 1. The van der Waals surface area contributed by atoms with E-state index in [1.165, 1.54) is 5.56 Å². The number of aryl methyl sites for hydroxylation is 3. The fourth-order valence-corrected chi connectivity index (χ4v) is 1.99. The van der Waals surface area contributed by atoms with Crippen molar-refractivity contribution in [2.75, 3.05) is 0 Å². The van der Waals surface area contributed by atoms with Crippen LogP contribution in [0.2, 0.25) is 0 Å². The fraction of sp³-hybridized carbons (Fsp3) is 0.462. The molecule has 0 saturated carbocycles. The molecular formula is C13H20N4O. The van der Waals surface area contributed by atoms with Gasteiger partial charge in [-0.25, -0.2) is 5.43 Å². The lowest BCUT2D eigenvalue weighted by Gasteiger charge is -2.12. The number of hydrazine groups is 1. The Hall–Kier alpha value is -1.59. The van der Waals surface area contributed by atoms with E-state index in [0.717, 1.165) is 30.8 Å². The van der Waals surface area contributed by atoms with Gasteiger partial charge in [0.25, 0.3) is 0 Å². The summed E-state index contributed by atoms with van der Waals surface area (Å²) in [7, 11) is 1.92. The molecule has 0 amide bonds. The molecule has 0 aliphatic carbocycles. The van der Waals surface area contributed by atoms with Crippen LogP contribution in [0.1, 0.15) is 36.5 Å². The van der Waals surface area contributed by atoms with Crippen LogP contribution in [0.15, 0.2) is 28.9 Å². The highest BCUT2D eigenvalue weighted by atomic mass is 16.3. The van der Waals surface area contributed by atoms with E-state index in [1.54, 1.807) is 0 Å². The van der Waals surface area contributed by atoms with Gasteiger partial charge >= 0.3 is 0 Å². The molecule has 98 valence electrons. The lowest BCUT2D eigenvalue weighted by molar-refractivity contribution is 0.384. The molecule has 5 nitrogen and oxygen atoms in total. The lowest BCUT2D eigenvalue weighted by Crippen LogP contribution is -2.28. The molecule has 0 saturated heterocycles. The zero-order valence-corrected chi connectivity index (χ0v) is 10.9. The third kappa shape index (κ3) is 3.00. The first kappa shape index (κ1) is 12.9. The lowest BCUT2D eigenvalue weighted by atomic mass is 10.1. The molecule has 1 atom stereocenters. The summed E-state index contributed by atoms with van der Waals surface area (Å²) in [5.41, 5.74) is 4.02. The molecule has 2 aromatic heterocycles. The van der Waals surface area contributed by atoms with Crippen LogP contribution in [0.5, 0.6) is 0 Å². The molecular weight excluding hydrogens is 228 g/mol. The first-order chi connectivity index (χ1) is 8.72. The Bertz CT molecular complexity index is 489. The minimum absolute atomic E-state index is 0.0468. The van der Waals surface area contributed by atoms with Gasteiger partial charge in [-0.1, -0.05) is 6.92 Å². The minimum atomic E-state index is 0.0468. The van der Waals surface area contributed by atoms with E-state index < -0.39 is 0 Å². The highest BCUT2D eigenvalue weighted by Crippen LogP contribution is 2.21. The summed E-state index contributed by atoms with van der Waals surface area (Å²) in [5.74, 6) is 7.49. The summed E-state index contributed by atoms with van der Waals surface area (Å²) in [6.07, 6.45) is 6.62. The van der Waals surface area contributed by atoms with Crippen molar-refractivity contribution in [3.63, 3.8) is 0 Å². The van der Waals surface area contributed by atoms with Gasteiger partial charge in [-0.15, -0.1) is 0 Å². The summed E-state index contributed by atoms with van der Waals surface area (Å²) in [4.78, 5) is 0. The zero-order valence-electron chi connectivity index (χ0n) is 10.9. The quantitative estimate of drug-likeness (QED) is 0.603. The second-order valence-corrected chi connectivity index (χ2v) is 4.44. The highest BCUT2D eigenvalue weighted by Gasteiger charge is 2.14. The van der Waals surface area contributed by atoms with Crippen LogP contribution in [0.25, 0.3) is 0 Å². The van der Waals surface area contributed by atoms with E-state index in [0.29, 0.717) is 0 Å². The SMILES string of the molecule is CCc1ccc(C(CCc2cnn(C)c2)NN)o1. The van der Waals surface area contributed by atoms with Crippen LogP contribution in [-0.2, 0) is 19.9 Å². The fourth-order valence-electron chi connectivity index (χ4n) is 1.99. The van der Waals surface area contributed by atoms with Gasteiger partial charge in [0.15, 0.2) is 0 Å². The zero-order chi connectivity index (χ0) is 13.0. The number of furan rings is 1. The molecule has 0 radical (unpaired) electrons. The molecule has 0 bridgehead atoms. The van der Waals surface area contributed by atoms with Gasteiger partial charge in [0.05, 0.1) is 12.2 Å². The average molecular weight is 248 g/mol. The topological polar surface area (TPSA) is 69.0 Å². The van der Waals surface area contributed by atoms with Crippen molar-refractivity contribution in [3.05, 3.63) is 41.6 Å². The molecule has 5 heteroatoms. The Kier molecular flexibility index (Phi) is 4.17. The summed E-state index contributed by atoms with van der Waals surface area (Å²) >= 11 is 0. The van der Waals surface area contributed by atoms with Crippen LogP contribution in [0.3, 0.4) is 0 Å². The molecule has 2 rings (SSSR count). The van der Waals surface area contributed by atoms with Gasteiger partial charge in [0.2, 0.25) is 0 Å². The molecule has 0 aromatic carbocycles. The maximum Gasteiger partial charge on any atom is 0.122 e. The van der Waals surface area contributed by atoms with E-state index in [-0.39, 0.29) is 6.04 Å². The van der Waals surface area contributed by atoms with Crippen molar-refractivity contribution in [3.8, 4) is 0 Å². The normalized spacial score (nSPS) is 12.8. The van der Waals surface area contributed by atoms with E-state index in [9.17, 15) is 0 Å². The van der Waals surface area contributed by atoms with Gasteiger partial charge in [-0.3, -0.25) is 10.5 Å². The van der Waals surface area contributed by atoms with Crippen LogP contribution in [0.4, 0.5) is 0 Å². The largest absolute Gasteiger partial charge is 0.464 e. The van der Waals surface area contributed by atoms with E-state index in [2.05, 4.69) is 17.4 Å². The molecule has 2 heterocycles. The number of hydrogen-bond donors (Lipinski definition) is 2. The Balaban J connectivity index is 1.96. The first-order valence-corrected chi connectivity index (χ1v) is 6.25. The Morgan fingerprint density at radius 3 is 2.89 bits per heavy atom. The maximum absolute atomic E-state index is 5.72. The van der Waals surface area contributed by atoms with Crippen molar-refractivity contribution in [1.82, 2.24) is 15.2 Å². The standard InChI is InChI=1S/C13H20N4O/c1-3-11-5-7-13(18-11)12(16-14)6-4-10-8-15-17(2)9-10/h5,7-9,12,16H,3-4,6,14H2,1-2H3. The molecule has 18 heavy (non-hydrogen) atoms. The van der Waals surface area contributed by atoms with Crippen molar-refractivity contribution in [1.29, 1.82) is 0 Å². The molecule has 0 aliphatic rings. The number of aromatic nitrogens is 2. The maximum atomic E-state index is 5.72. The molecule has 1 unspecified atom stereocenters. The number of nitrogens with zero attached hydrogens (tertiary/aromatic N) is 2. The molecule has 2 aromatic rings. The third-order valence-electron chi connectivity index (χ3n) is 3.06. The van der Waals surface area contributed by atoms with Crippen molar-refractivity contribution in [2.45, 2.75) is 32.2 Å². The second-order valence-electron chi connectivity index (χ2n) is 4.44. The predicted octanol–water partition coefficient (Wildman–Crippen LogP) is 1.71. The predicted molar refractivity (Wildman–Crippen MR) is 69.7 cm³/mol. The highest BCUT2D eigenvalue weighted by molar-refractivity contribution is 5.12. The van der Waals surface area contributed by atoms with Crippen LogP contribution >= 0.6 is 0 Å². The molecule has 0 aliphatic heterocycles. The van der Waals surface area contributed by atoms with Gasteiger partial charge in [-0.05, 0) is 30.5 Å². The van der Waals surface area contributed by atoms with Crippen molar-refractivity contribution < 1.29 is 4.42 Å². The molecule has 3 N–H and O–H groups in total. The van der Waals surface area contributed by atoms with Crippen LogP contribution < -0.4 is 11.3 Å². The average Bonchev–Trinajstić information content (AvgIpc) is 2.99. The van der Waals surface area contributed by atoms with Gasteiger partial charge in [0.1, 0.15) is 11.5 Å². The van der Waals surface area contributed by atoms with Gasteiger partial charge in [-0.2, -0.15) is 5.10 Å². The molecule has 0 fully saturated rings. The van der Waals surface area contributed by atoms with Crippen molar-refractivity contribution >= 4 is 0 Å². The summed E-state index contributed by atoms with van der Waals surface area (Å²) in [5, 5.41) is 4.15. The Morgan fingerprint density at radius 1 is 1.50 bits per heavy atom. The van der Waals surface area contributed by atoms with Gasteiger partial charge < -0.3 is 4.42 Å². The van der Waals surface area contributed by atoms with Crippen LogP contribution in [-0.4, -0.2) is 9.78 Å². The monoisotopic (exact) mass is 248 g/mol. The van der Waals surface area contributed by atoms with E-state index >= 15 is 0 Å². The number of hydrogen-bond acceptors (Lipinski definition) is 4. The van der Waals surface area contributed by atoms with Crippen molar-refractivity contribution in [2.24, 2.45) is 12.9 Å². The van der Waals surface area contributed by atoms with Gasteiger partial charge in [0, 0.05) is 19.7 Å². The molecule has 0 spiro atoms. The van der Waals surface area contributed by atoms with E-state index in [1.807, 2.05) is 36.3 Å². The second kappa shape index (κ2) is 5.84. The number of rotatable bonds is 6. The first-order valence-electron chi connectivity index (χ1n) is 6.25. The third-order valence-corrected chi connectivity index (χ3v) is 3.06. The minimum Gasteiger partial charge on any atom is -0.464 e. The Morgan fingerprint density at radius 2 is 2.33 bits per heavy atom. The Labute approximate surface area is 107 Å². The van der Waals surface area contributed by atoms with Crippen LogP contribution in [0, 0.1) is 0 Å². The smallest absolute Gasteiger partial charge is 0.122 e. The summed E-state index contributed by atoms with van der Waals surface area (Å²) < 4.78 is 7.52. The summed E-state index contributed by atoms with van der Waals surface area (Å²) in [6, 6.07) is 4.04. The van der Waals surface area contributed by atoms with E-state index in [4.69, 9.17) is 10.3 Å².